The third kappa shape index (κ3) is 4.25. The molecule has 9 heteroatoms. The maximum atomic E-state index is 12.4. The number of H-pyrrole nitrogens is 1. The number of aryl methyl sites for hydroxylation is 1. The highest BCUT2D eigenvalue weighted by Crippen LogP contribution is 2.21. The zero-order chi connectivity index (χ0) is 20.4. The van der Waals surface area contributed by atoms with Crippen LogP contribution in [0.1, 0.15) is 5.56 Å². The van der Waals surface area contributed by atoms with Gasteiger partial charge in [-0.1, -0.05) is 45.9 Å². The summed E-state index contributed by atoms with van der Waals surface area (Å²) < 4.78 is 2.59. The number of nitrogens with zero attached hydrogens (tertiary/aromatic N) is 3. The molecule has 0 aliphatic rings. The minimum absolute atomic E-state index is 0.114. The van der Waals surface area contributed by atoms with Crippen molar-refractivity contribution in [3.8, 4) is 5.69 Å². The van der Waals surface area contributed by atoms with Crippen molar-refractivity contribution in [3.63, 3.8) is 0 Å². The number of aromatic amines is 1. The zero-order valence-corrected chi connectivity index (χ0v) is 17.8. The van der Waals surface area contributed by atoms with E-state index in [1.165, 1.54) is 6.20 Å². The van der Waals surface area contributed by atoms with Crippen molar-refractivity contribution in [3.05, 3.63) is 75.1 Å². The lowest BCUT2D eigenvalue weighted by atomic mass is 10.2. The van der Waals surface area contributed by atoms with Gasteiger partial charge in [-0.25, -0.2) is 9.67 Å². The second-order valence-electron chi connectivity index (χ2n) is 6.30. The van der Waals surface area contributed by atoms with Crippen LogP contribution in [0, 0.1) is 6.92 Å². The van der Waals surface area contributed by atoms with Crippen molar-refractivity contribution in [1.82, 2.24) is 19.7 Å². The predicted octanol–water partition coefficient (Wildman–Crippen LogP) is 3.91. The molecule has 7 nitrogen and oxygen atoms in total. The van der Waals surface area contributed by atoms with E-state index in [-0.39, 0.29) is 17.2 Å². The minimum Gasteiger partial charge on any atom is -0.325 e. The molecular weight excluding hydrogens is 454 g/mol. The number of benzene rings is 2. The van der Waals surface area contributed by atoms with Crippen LogP contribution in [0.2, 0.25) is 0 Å². The molecule has 0 radical (unpaired) electrons. The van der Waals surface area contributed by atoms with Gasteiger partial charge in [-0.2, -0.15) is 5.10 Å². The van der Waals surface area contributed by atoms with Crippen molar-refractivity contribution in [2.45, 2.75) is 12.1 Å². The van der Waals surface area contributed by atoms with Crippen molar-refractivity contribution >= 4 is 50.3 Å². The summed E-state index contributed by atoms with van der Waals surface area (Å²) >= 11 is 4.60. The number of nitrogens with one attached hydrogen (secondary N) is 2. The highest BCUT2D eigenvalue weighted by Gasteiger charge is 2.13. The van der Waals surface area contributed by atoms with Crippen LogP contribution in [0.3, 0.4) is 0 Å². The standard InChI is InChI=1S/C20H16BrN5O2S/c1-12-9-13(7-8-16(12)21)23-17(27)11-29-20-24-18-15(19(28)25-20)10-22-26(18)14-5-3-2-4-6-14/h2-10H,11H2,1H3,(H,23,27)(H,24,25,28). The van der Waals surface area contributed by atoms with Crippen LogP contribution in [-0.2, 0) is 4.79 Å². The summed E-state index contributed by atoms with van der Waals surface area (Å²) in [4.78, 5) is 31.9. The van der Waals surface area contributed by atoms with Crippen LogP contribution in [-0.4, -0.2) is 31.4 Å². The molecule has 0 bridgehead atoms. The number of carbonyl (C=O) groups is 1. The fraction of sp³-hybridized carbons (Fsp3) is 0.100. The first-order valence-electron chi connectivity index (χ1n) is 8.73. The van der Waals surface area contributed by atoms with Gasteiger partial charge >= 0.3 is 0 Å². The highest BCUT2D eigenvalue weighted by atomic mass is 79.9. The lowest BCUT2D eigenvalue weighted by Gasteiger charge is -2.07. The van der Waals surface area contributed by atoms with E-state index in [0.717, 1.165) is 33.2 Å². The molecule has 0 saturated carbocycles. The summed E-state index contributed by atoms with van der Waals surface area (Å²) in [5.74, 6) is -0.0701. The molecular formula is C20H16BrN5O2S. The normalized spacial score (nSPS) is 11.0. The largest absolute Gasteiger partial charge is 0.325 e. The Balaban J connectivity index is 1.53. The van der Waals surface area contributed by atoms with E-state index in [2.05, 4.69) is 36.3 Å². The van der Waals surface area contributed by atoms with Crippen molar-refractivity contribution in [2.24, 2.45) is 0 Å². The summed E-state index contributed by atoms with van der Waals surface area (Å²) in [5.41, 5.74) is 2.71. The van der Waals surface area contributed by atoms with Crippen LogP contribution in [0.15, 0.2) is 69.2 Å². The molecule has 0 saturated heterocycles. The smallest absolute Gasteiger partial charge is 0.262 e. The van der Waals surface area contributed by atoms with E-state index >= 15 is 0 Å². The molecule has 0 unspecified atom stereocenters. The molecule has 2 aromatic carbocycles. The summed E-state index contributed by atoms with van der Waals surface area (Å²) in [6.07, 6.45) is 1.49. The number of thioether (sulfide) groups is 1. The number of hydrogen-bond donors (Lipinski definition) is 2. The lowest BCUT2D eigenvalue weighted by molar-refractivity contribution is -0.113. The van der Waals surface area contributed by atoms with Crippen LogP contribution in [0.4, 0.5) is 5.69 Å². The molecule has 0 spiro atoms. The summed E-state index contributed by atoms with van der Waals surface area (Å²) in [6.45, 7) is 1.95. The van der Waals surface area contributed by atoms with Gasteiger partial charge in [0, 0.05) is 10.2 Å². The number of carbonyl (C=O) groups excluding carboxylic acids is 1. The van der Waals surface area contributed by atoms with Gasteiger partial charge in [-0.3, -0.25) is 9.59 Å². The number of fused-ring (bicyclic) bond motifs is 1. The third-order valence-electron chi connectivity index (χ3n) is 4.20. The Bertz CT molecular complexity index is 1250. The highest BCUT2D eigenvalue weighted by molar-refractivity contribution is 9.10. The van der Waals surface area contributed by atoms with E-state index in [9.17, 15) is 9.59 Å². The molecule has 2 aromatic heterocycles. The third-order valence-corrected chi connectivity index (χ3v) is 5.96. The summed E-state index contributed by atoms with van der Waals surface area (Å²) in [7, 11) is 0. The molecule has 4 aromatic rings. The summed E-state index contributed by atoms with van der Waals surface area (Å²) in [5, 5.41) is 7.88. The van der Waals surface area contributed by atoms with Gasteiger partial charge in [0.25, 0.3) is 5.56 Å². The maximum Gasteiger partial charge on any atom is 0.262 e. The van der Waals surface area contributed by atoms with Crippen LogP contribution >= 0.6 is 27.7 Å². The fourth-order valence-electron chi connectivity index (χ4n) is 2.78. The maximum absolute atomic E-state index is 12.4. The average Bonchev–Trinajstić information content (AvgIpc) is 3.14. The first-order chi connectivity index (χ1) is 14.0. The molecule has 0 aliphatic carbocycles. The molecule has 2 heterocycles. The van der Waals surface area contributed by atoms with Gasteiger partial charge in [-0.15, -0.1) is 0 Å². The molecule has 29 heavy (non-hydrogen) atoms. The molecule has 0 fully saturated rings. The van der Waals surface area contributed by atoms with Crippen molar-refractivity contribution < 1.29 is 4.79 Å². The van der Waals surface area contributed by atoms with Crippen LogP contribution < -0.4 is 10.9 Å². The molecule has 146 valence electrons. The zero-order valence-electron chi connectivity index (χ0n) is 15.3. The molecule has 0 aliphatic heterocycles. The van der Waals surface area contributed by atoms with E-state index in [1.54, 1.807) is 4.68 Å². The summed E-state index contributed by atoms with van der Waals surface area (Å²) in [6, 6.07) is 15.0. The Morgan fingerprint density at radius 2 is 2.03 bits per heavy atom. The SMILES string of the molecule is Cc1cc(NC(=O)CSc2nc3c(cnn3-c3ccccc3)c(=O)[nH]2)ccc1Br. The number of aromatic nitrogens is 4. The molecule has 0 atom stereocenters. The number of para-hydroxylation sites is 1. The van der Waals surface area contributed by atoms with E-state index in [0.29, 0.717) is 16.2 Å². The second-order valence-corrected chi connectivity index (χ2v) is 8.12. The average molecular weight is 470 g/mol. The number of rotatable bonds is 5. The van der Waals surface area contributed by atoms with Gasteiger partial charge in [0.1, 0.15) is 5.39 Å². The number of anilines is 1. The van der Waals surface area contributed by atoms with E-state index < -0.39 is 0 Å². The van der Waals surface area contributed by atoms with Gasteiger partial charge in [0.05, 0.1) is 17.6 Å². The van der Waals surface area contributed by atoms with Gasteiger partial charge < -0.3 is 10.3 Å². The second kappa shape index (κ2) is 8.22. The first kappa shape index (κ1) is 19.4. The topological polar surface area (TPSA) is 92.7 Å². The van der Waals surface area contributed by atoms with E-state index in [1.807, 2.05) is 55.5 Å². The first-order valence-corrected chi connectivity index (χ1v) is 10.5. The van der Waals surface area contributed by atoms with Crippen molar-refractivity contribution in [2.75, 3.05) is 11.1 Å². The predicted molar refractivity (Wildman–Crippen MR) is 118 cm³/mol. The fourth-order valence-corrected chi connectivity index (χ4v) is 3.68. The molecule has 4 rings (SSSR count). The molecule has 2 N–H and O–H groups in total. The lowest BCUT2D eigenvalue weighted by Crippen LogP contribution is -2.15. The van der Waals surface area contributed by atoms with Gasteiger partial charge in [0.15, 0.2) is 10.8 Å². The molecule has 1 amide bonds. The van der Waals surface area contributed by atoms with Crippen LogP contribution in [0.25, 0.3) is 16.7 Å². The van der Waals surface area contributed by atoms with Crippen molar-refractivity contribution in [1.29, 1.82) is 0 Å². The van der Waals surface area contributed by atoms with Gasteiger partial charge in [-0.05, 0) is 42.8 Å². The van der Waals surface area contributed by atoms with Gasteiger partial charge in [0.2, 0.25) is 5.91 Å². The quantitative estimate of drug-likeness (QED) is 0.341. The Kier molecular flexibility index (Phi) is 5.50. The number of hydrogen-bond acceptors (Lipinski definition) is 5. The minimum atomic E-state index is -0.288. The van der Waals surface area contributed by atoms with E-state index in [4.69, 9.17) is 0 Å². The van der Waals surface area contributed by atoms with Crippen LogP contribution in [0.5, 0.6) is 0 Å². The Morgan fingerprint density at radius 3 is 2.79 bits per heavy atom. The number of halogens is 1. The Morgan fingerprint density at radius 1 is 1.24 bits per heavy atom. The Hall–Kier alpha value is -2.91. The number of amides is 1. The Labute approximate surface area is 178 Å². The monoisotopic (exact) mass is 469 g/mol.